The van der Waals surface area contributed by atoms with Gasteiger partial charge in [-0.1, -0.05) is 24.6 Å². The number of ether oxygens (including phenoxy) is 1. The lowest BCUT2D eigenvalue weighted by molar-refractivity contribution is -0.384. The van der Waals surface area contributed by atoms with Crippen LogP contribution in [0.2, 0.25) is 0 Å². The zero-order valence-electron chi connectivity index (χ0n) is 14.3. The topological polar surface area (TPSA) is 89.8 Å². The van der Waals surface area contributed by atoms with Crippen LogP contribution in [0.1, 0.15) is 18.9 Å². The predicted molar refractivity (Wildman–Crippen MR) is 95.7 cm³/mol. The molecule has 0 radical (unpaired) electrons. The fraction of sp³-hybridized carbons (Fsp3) is 0.294. The van der Waals surface area contributed by atoms with Crippen LogP contribution in [0, 0.1) is 17.0 Å². The molecule has 2 aromatic rings. The first-order chi connectivity index (χ1) is 11.8. The zero-order valence-corrected chi connectivity index (χ0v) is 15.1. The fourth-order valence-electron chi connectivity index (χ4n) is 2.22. The summed E-state index contributed by atoms with van der Waals surface area (Å²) in [6.45, 7) is 4.19. The van der Waals surface area contributed by atoms with E-state index in [0.29, 0.717) is 12.4 Å². The summed E-state index contributed by atoms with van der Waals surface area (Å²) in [6, 6.07) is 10.5. The highest BCUT2D eigenvalue weighted by Crippen LogP contribution is 2.34. The van der Waals surface area contributed by atoms with Gasteiger partial charge in [-0.25, -0.2) is 8.42 Å². The van der Waals surface area contributed by atoms with Crippen LogP contribution in [0.25, 0.3) is 0 Å². The summed E-state index contributed by atoms with van der Waals surface area (Å²) in [5, 5.41) is 11.4. The Kier molecular flexibility index (Phi) is 5.63. The van der Waals surface area contributed by atoms with Crippen molar-refractivity contribution in [1.82, 2.24) is 0 Å². The Morgan fingerprint density at radius 3 is 2.36 bits per heavy atom. The number of aryl methyl sites for hydroxylation is 1. The van der Waals surface area contributed by atoms with Crippen LogP contribution >= 0.6 is 0 Å². The highest BCUT2D eigenvalue weighted by molar-refractivity contribution is 7.92. The van der Waals surface area contributed by atoms with Gasteiger partial charge in [-0.15, -0.1) is 0 Å². The fourth-order valence-corrected chi connectivity index (χ4v) is 3.43. The molecule has 134 valence electrons. The van der Waals surface area contributed by atoms with E-state index in [4.69, 9.17) is 4.74 Å². The van der Waals surface area contributed by atoms with Gasteiger partial charge in [0.2, 0.25) is 0 Å². The third-order valence-corrected chi connectivity index (χ3v) is 5.42. The molecule has 0 heterocycles. The summed E-state index contributed by atoms with van der Waals surface area (Å²) in [5.41, 5.74) is 0.575. The van der Waals surface area contributed by atoms with Crippen molar-refractivity contribution in [2.45, 2.75) is 25.2 Å². The normalized spacial score (nSPS) is 11.2. The summed E-state index contributed by atoms with van der Waals surface area (Å²) < 4.78 is 31.8. The SMILES string of the molecule is CCCOc1ccc(N(C)S(=O)(=O)c2ccc(C)cc2)c([N+](=O)[O-])c1. The summed E-state index contributed by atoms with van der Waals surface area (Å²) in [6.07, 6.45) is 0.761. The van der Waals surface area contributed by atoms with Crippen LogP contribution in [0.3, 0.4) is 0 Å². The maximum atomic E-state index is 12.7. The van der Waals surface area contributed by atoms with Gasteiger partial charge in [0.1, 0.15) is 11.4 Å². The number of nitro groups is 1. The standard InChI is InChI=1S/C17H20N2O5S/c1-4-11-24-14-7-10-16(17(12-14)19(20)21)18(3)25(22,23)15-8-5-13(2)6-9-15/h5-10,12H,4,11H2,1-3H3. The molecule has 0 unspecified atom stereocenters. The Balaban J connectivity index is 2.45. The highest BCUT2D eigenvalue weighted by Gasteiger charge is 2.27. The number of hydrogen-bond donors (Lipinski definition) is 0. The van der Waals surface area contributed by atoms with E-state index in [-0.39, 0.29) is 16.3 Å². The van der Waals surface area contributed by atoms with Crippen molar-refractivity contribution >= 4 is 21.4 Å². The molecule has 0 saturated heterocycles. The molecule has 25 heavy (non-hydrogen) atoms. The number of benzene rings is 2. The number of hydrogen-bond acceptors (Lipinski definition) is 5. The lowest BCUT2D eigenvalue weighted by Crippen LogP contribution is -2.27. The van der Waals surface area contributed by atoms with Crippen LogP contribution in [0.5, 0.6) is 5.75 Å². The van der Waals surface area contributed by atoms with Gasteiger partial charge >= 0.3 is 0 Å². The van der Waals surface area contributed by atoms with E-state index in [2.05, 4.69) is 0 Å². The van der Waals surface area contributed by atoms with Crippen molar-refractivity contribution in [1.29, 1.82) is 0 Å². The smallest absolute Gasteiger partial charge is 0.297 e. The van der Waals surface area contributed by atoms with Crippen molar-refractivity contribution in [2.24, 2.45) is 0 Å². The van der Waals surface area contributed by atoms with E-state index in [1.807, 2.05) is 13.8 Å². The summed E-state index contributed by atoms with van der Waals surface area (Å²) in [7, 11) is -2.61. The Morgan fingerprint density at radius 1 is 1.16 bits per heavy atom. The minimum absolute atomic E-state index is 0.0191. The zero-order chi connectivity index (χ0) is 18.6. The molecule has 8 heteroatoms. The van der Waals surface area contributed by atoms with Crippen LogP contribution in [-0.4, -0.2) is 27.0 Å². The van der Waals surface area contributed by atoms with E-state index in [0.717, 1.165) is 16.3 Å². The molecule has 0 saturated carbocycles. The predicted octanol–water partition coefficient (Wildman–Crippen LogP) is 3.52. The Labute approximate surface area is 147 Å². The molecular weight excluding hydrogens is 344 g/mol. The maximum absolute atomic E-state index is 12.7. The summed E-state index contributed by atoms with van der Waals surface area (Å²) in [4.78, 5) is 10.8. The van der Waals surface area contributed by atoms with E-state index in [9.17, 15) is 18.5 Å². The largest absolute Gasteiger partial charge is 0.493 e. The Bertz CT molecular complexity index is 863. The molecule has 0 aliphatic carbocycles. The van der Waals surface area contributed by atoms with Gasteiger partial charge in [0.15, 0.2) is 0 Å². The molecule has 0 N–H and O–H groups in total. The van der Waals surface area contributed by atoms with Gasteiger partial charge in [0.25, 0.3) is 15.7 Å². The lowest BCUT2D eigenvalue weighted by atomic mass is 10.2. The molecule has 0 bridgehead atoms. The molecule has 0 aliphatic heterocycles. The van der Waals surface area contributed by atoms with Crippen molar-refractivity contribution in [2.75, 3.05) is 18.0 Å². The molecule has 0 fully saturated rings. The molecule has 0 atom stereocenters. The quantitative estimate of drug-likeness (QED) is 0.554. The molecule has 2 aromatic carbocycles. The van der Waals surface area contributed by atoms with Crippen molar-refractivity contribution in [3.05, 3.63) is 58.1 Å². The first-order valence-corrected chi connectivity index (χ1v) is 9.18. The second-order valence-electron chi connectivity index (χ2n) is 5.54. The van der Waals surface area contributed by atoms with Crippen LogP contribution in [0.15, 0.2) is 47.4 Å². The van der Waals surface area contributed by atoms with Crippen molar-refractivity contribution < 1.29 is 18.1 Å². The van der Waals surface area contributed by atoms with Crippen LogP contribution in [0.4, 0.5) is 11.4 Å². The van der Waals surface area contributed by atoms with Gasteiger partial charge in [-0.2, -0.15) is 0 Å². The molecule has 0 spiro atoms. The highest BCUT2D eigenvalue weighted by atomic mass is 32.2. The third-order valence-electron chi connectivity index (χ3n) is 3.64. The van der Waals surface area contributed by atoms with Gasteiger partial charge in [-0.3, -0.25) is 14.4 Å². The first-order valence-electron chi connectivity index (χ1n) is 7.74. The van der Waals surface area contributed by atoms with E-state index in [1.165, 1.54) is 37.4 Å². The lowest BCUT2D eigenvalue weighted by Gasteiger charge is -2.20. The number of nitrogens with zero attached hydrogens (tertiary/aromatic N) is 2. The Morgan fingerprint density at radius 2 is 1.80 bits per heavy atom. The van der Waals surface area contributed by atoms with E-state index < -0.39 is 14.9 Å². The Hall–Kier alpha value is -2.61. The minimum atomic E-state index is -3.91. The second-order valence-corrected chi connectivity index (χ2v) is 7.51. The van der Waals surface area contributed by atoms with Crippen molar-refractivity contribution in [3.8, 4) is 5.75 Å². The monoisotopic (exact) mass is 364 g/mol. The van der Waals surface area contributed by atoms with Crippen molar-refractivity contribution in [3.63, 3.8) is 0 Å². The third kappa shape index (κ3) is 4.08. The number of sulfonamides is 1. The van der Waals surface area contributed by atoms with Gasteiger partial charge in [0, 0.05) is 7.05 Å². The van der Waals surface area contributed by atoms with Crippen LogP contribution in [-0.2, 0) is 10.0 Å². The molecular formula is C17H20N2O5S. The minimum Gasteiger partial charge on any atom is -0.493 e. The number of nitro benzene ring substituents is 1. The molecule has 0 amide bonds. The molecule has 0 aliphatic rings. The molecule has 2 rings (SSSR count). The summed E-state index contributed by atoms with van der Waals surface area (Å²) in [5.74, 6) is 0.332. The van der Waals surface area contributed by atoms with E-state index >= 15 is 0 Å². The summed E-state index contributed by atoms with van der Waals surface area (Å²) >= 11 is 0. The van der Waals surface area contributed by atoms with Crippen LogP contribution < -0.4 is 9.04 Å². The maximum Gasteiger partial charge on any atom is 0.297 e. The molecule has 0 aromatic heterocycles. The average molecular weight is 364 g/mol. The van der Waals surface area contributed by atoms with Gasteiger partial charge in [-0.05, 0) is 37.6 Å². The molecule has 7 nitrogen and oxygen atoms in total. The van der Waals surface area contributed by atoms with Gasteiger partial charge in [0.05, 0.1) is 22.5 Å². The first kappa shape index (κ1) is 18.7. The van der Waals surface area contributed by atoms with E-state index in [1.54, 1.807) is 12.1 Å². The number of anilines is 1. The second kappa shape index (κ2) is 7.52. The number of rotatable bonds is 7. The average Bonchev–Trinajstić information content (AvgIpc) is 2.59. The van der Waals surface area contributed by atoms with Gasteiger partial charge < -0.3 is 4.74 Å².